The van der Waals surface area contributed by atoms with Crippen molar-refractivity contribution in [2.75, 3.05) is 13.2 Å². The van der Waals surface area contributed by atoms with E-state index < -0.39 is 11.9 Å². The van der Waals surface area contributed by atoms with Crippen LogP contribution < -0.4 is 9.47 Å². The van der Waals surface area contributed by atoms with Gasteiger partial charge in [-0.25, -0.2) is 9.59 Å². The molecular weight excluding hydrogens is 436 g/mol. The summed E-state index contributed by atoms with van der Waals surface area (Å²) in [4.78, 5) is 24.1. The molecule has 0 atom stereocenters. The third-order valence-corrected chi connectivity index (χ3v) is 4.67. The predicted octanol–water partition coefficient (Wildman–Crippen LogP) is 6.38. The van der Waals surface area contributed by atoms with Gasteiger partial charge < -0.3 is 19.3 Å². The smallest absolute Gasteiger partial charge is 0.343 e. The molecule has 0 aliphatic heterocycles. The van der Waals surface area contributed by atoms with Crippen molar-refractivity contribution < 1.29 is 28.9 Å². The standard InChI is InChI=1S/C26H26N2O6/c1-3-5-16-33-21-12-8-19(9-13-21)26(31)34-22-14-15-23(24(29)17-22)28-27-20-10-6-18(7-11-20)25(30)32-4-2/h6-15,17,29H,3-5,16H2,1-2H3. The Morgan fingerprint density at radius 2 is 1.47 bits per heavy atom. The first-order chi connectivity index (χ1) is 16.5. The zero-order valence-electron chi connectivity index (χ0n) is 19.1. The van der Waals surface area contributed by atoms with E-state index in [0.717, 1.165) is 12.8 Å². The number of benzene rings is 3. The first-order valence-electron chi connectivity index (χ1n) is 11.0. The van der Waals surface area contributed by atoms with Crippen LogP contribution in [0.2, 0.25) is 0 Å². The van der Waals surface area contributed by atoms with E-state index in [9.17, 15) is 14.7 Å². The number of esters is 2. The summed E-state index contributed by atoms with van der Waals surface area (Å²) >= 11 is 0. The van der Waals surface area contributed by atoms with Crippen LogP contribution in [0.4, 0.5) is 11.4 Å². The molecule has 3 aromatic carbocycles. The zero-order chi connectivity index (χ0) is 24.3. The van der Waals surface area contributed by atoms with Crippen molar-refractivity contribution in [3.05, 3.63) is 77.9 Å². The monoisotopic (exact) mass is 462 g/mol. The summed E-state index contributed by atoms with van der Waals surface area (Å²) in [5.41, 5.74) is 1.46. The van der Waals surface area contributed by atoms with Crippen LogP contribution in [0.15, 0.2) is 77.0 Å². The van der Waals surface area contributed by atoms with Crippen LogP contribution >= 0.6 is 0 Å². The highest BCUT2D eigenvalue weighted by Crippen LogP contribution is 2.32. The van der Waals surface area contributed by atoms with E-state index in [-0.39, 0.29) is 17.2 Å². The fourth-order valence-corrected chi connectivity index (χ4v) is 2.83. The van der Waals surface area contributed by atoms with Crippen molar-refractivity contribution in [2.45, 2.75) is 26.7 Å². The fourth-order valence-electron chi connectivity index (χ4n) is 2.83. The molecule has 34 heavy (non-hydrogen) atoms. The molecular formula is C26H26N2O6. The lowest BCUT2D eigenvalue weighted by Gasteiger charge is -2.08. The van der Waals surface area contributed by atoms with Crippen LogP contribution in [-0.2, 0) is 4.74 Å². The minimum atomic E-state index is -0.560. The summed E-state index contributed by atoms with van der Waals surface area (Å²) in [7, 11) is 0. The maximum atomic E-state index is 12.4. The van der Waals surface area contributed by atoms with Gasteiger partial charge in [0.05, 0.1) is 30.0 Å². The Labute approximate surface area is 197 Å². The predicted molar refractivity (Wildman–Crippen MR) is 126 cm³/mol. The summed E-state index contributed by atoms with van der Waals surface area (Å²) in [6.07, 6.45) is 2.01. The molecule has 0 bridgehead atoms. The molecule has 0 spiro atoms. The van der Waals surface area contributed by atoms with E-state index in [1.807, 2.05) is 0 Å². The Bertz CT molecular complexity index is 1140. The van der Waals surface area contributed by atoms with Crippen molar-refractivity contribution in [3.63, 3.8) is 0 Å². The SMILES string of the molecule is CCCCOc1ccc(C(=O)Oc2ccc(N=Nc3ccc(C(=O)OCC)cc3)c(O)c2)cc1. The van der Waals surface area contributed by atoms with Crippen molar-refractivity contribution >= 4 is 23.3 Å². The van der Waals surface area contributed by atoms with Gasteiger partial charge in [-0.05, 0) is 74.0 Å². The molecule has 8 heteroatoms. The van der Waals surface area contributed by atoms with Crippen LogP contribution in [0.5, 0.6) is 17.2 Å². The Hall–Kier alpha value is -4.20. The van der Waals surface area contributed by atoms with E-state index in [0.29, 0.717) is 35.8 Å². The lowest BCUT2D eigenvalue weighted by Crippen LogP contribution is -2.08. The molecule has 0 heterocycles. The average Bonchev–Trinajstić information content (AvgIpc) is 2.84. The van der Waals surface area contributed by atoms with Crippen molar-refractivity contribution in [3.8, 4) is 17.2 Å². The number of phenolic OH excluding ortho intramolecular Hbond substituents is 1. The minimum absolute atomic E-state index is 0.170. The number of aromatic hydroxyl groups is 1. The third-order valence-electron chi connectivity index (χ3n) is 4.67. The molecule has 0 aromatic heterocycles. The number of nitrogens with zero attached hydrogens (tertiary/aromatic N) is 2. The molecule has 0 radical (unpaired) electrons. The van der Waals surface area contributed by atoms with E-state index in [1.165, 1.54) is 18.2 Å². The maximum absolute atomic E-state index is 12.4. The number of ether oxygens (including phenoxy) is 3. The topological polar surface area (TPSA) is 107 Å². The molecule has 0 fully saturated rings. The summed E-state index contributed by atoms with van der Waals surface area (Å²) in [5, 5.41) is 18.3. The van der Waals surface area contributed by atoms with Gasteiger partial charge in [-0.15, -0.1) is 5.11 Å². The Balaban J connectivity index is 1.60. The zero-order valence-corrected chi connectivity index (χ0v) is 19.1. The second-order valence-electron chi connectivity index (χ2n) is 7.23. The van der Waals surface area contributed by atoms with E-state index in [2.05, 4.69) is 17.2 Å². The third kappa shape index (κ3) is 6.90. The van der Waals surface area contributed by atoms with Gasteiger partial charge in [0.25, 0.3) is 0 Å². The molecule has 0 saturated heterocycles. The average molecular weight is 463 g/mol. The van der Waals surface area contributed by atoms with Crippen LogP contribution in [0.1, 0.15) is 47.4 Å². The van der Waals surface area contributed by atoms with Gasteiger partial charge >= 0.3 is 11.9 Å². The second kappa shape index (κ2) is 12.2. The number of rotatable bonds is 10. The molecule has 176 valence electrons. The second-order valence-corrected chi connectivity index (χ2v) is 7.23. The summed E-state index contributed by atoms with van der Waals surface area (Å²) in [5.74, 6) is -0.311. The molecule has 8 nitrogen and oxygen atoms in total. The van der Waals surface area contributed by atoms with Crippen molar-refractivity contribution in [1.29, 1.82) is 0 Å². The number of hydrogen-bond donors (Lipinski definition) is 1. The van der Waals surface area contributed by atoms with Crippen LogP contribution in [0.3, 0.4) is 0 Å². The highest BCUT2D eigenvalue weighted by atomic mass is 16.5. The molecule has 3 rings (SSSR count). The Kier molecular flexibility index (Phi) is 8.73. The molecule has 0 aliphatic carbocycles. The van der Waals surface area contributed by atoms with Crippen LogP contribution in [0.25, 0.3) is 0 Å². The van der Waals surface area contributed by atoms with Crippen LogP contribution in [-0.4, -0.2) is 30.3 Å². The molecule has 1 N–H and O–H groups in total. The highest BCUT2D eigenvalue weighted by molar-refractivity contribution is 5.91. The number of carbonyl (C=O) groups excluding carboxylic acids is 2. The molecule has 0 unspecified atom stereocenters. The summed E-state index contributed by atoms with van der Waals surface area (Å²) in [6.45, 7) is 4.75. The van der Waals surface area contributed by atoms with Gasteiger partial charge in [-0.3, -0.25) is 0 Å². The highest BCUT2D eigenvalue weighted by Gasteiger charge is 2.11. The lowest BCUT2D eigenvalue weighted by molar-refractivity contribution is 0.0526. The number of hydrogen-bond acceptors (Lipinski definition) is 8. The van der Waals surface area contributed by atoms with Gasteiger partial charge in [-0.1, -0.05) is 13.3 Å². The van der Waals surface area contributed by atoms with E-state index in [4.69, 9.17) is 14.2 Å². The van der Waals surface area contributed by atoms with Crippen molar-refractivity contribution in [1.82, 2.24) is 0 Å². The van der Waals surface area contributed by atoms with Gasteiger partial charge in [0.1, 0.15) is 22.9 Å². The minimum Gasteiger partial charge on any atom is -0.505 e. The maximum Gasteiger partial charge on any atom is 0.343 e. The summed E-state index contributed by atoms with van der Waals surface area (Å²) < 4.78 is 15.9. The Morgan fingerprint density at radius 1 is 0.824 bits per heavy atom. The molecule has 0 amide bonds. The number of carbonyl (C=O) groups is 2. The first-order valence-corrected chi connectivity index (χ1v) is 11.0. The normalized spacial score (nSPS) is 10.8. The summed E-state index contributed by atoms with van der Waals surface area (Å²) in [6, 6.07) is 17.4. The number of phenols is 1. The van der Waals surface area contributed by atoms with Gasteiger partial charge in [0.2, 0.25) is 0 Å². The van der Waals surface area contributed by atoms with Gasteiger partial charge in [0.15, 0.2) is 0 Å². The number of azo groups is 1. The molecule has 0 aliphatic rings. The van der Waals surface area contributed by atoms with Gasteiger partial charge in [0, 0.05) is 6.07 Å². The van der Waals surface area contributed by atoms with Gasteiger partial charge in [-0.2, -0.15) is 5.11 Å². The fraction of sp³-hybridized carbons (Fsp3) is 0.231. The first kappa shape index (κ1) is 24.4. The Morgan fingerprint density at radius 3 is 2.12 bits per heavy atom. The lowest BCUT2D eigenvalue weighted by atomic mass is 10.2. The van der Waals surface area contributed by atoms with Crippen molar-refractivity contribution in [2.24, 2.45) is 10.2 Å². The quantitative estimate of drug-likeness (QED) is 0.162. The van der Waals surface area contributed by atoms with E-state index in [1.54, 1.807) is 55.5 Å². The molecule has 0 saturated carbocycles. The molecule has 3 aromatic rings. The van der Waals surface area contributed by atoms with Crippen LogP contribution in [0, 0.1) is 0 Å². The number of unbranched alkanes of at least 4 members (excludes halogenated alkanes) is 1. The largest absolute Gasteiger partial charge is 0.505 e. The van der Waals surface area contributed by atoms with E-state index >= 15 is 0 Å².